The Bertz CT molecular complexity index is 864. The van der Waals surface area contributed by atoms with Crippen molar-refractivity contribution < 1.29 is 9.53 Å². The van der Waals surface area contributed by atoms with Gasteiger partial charge in [0.2, 0.25) is 5.91 Å². The molecule has 1 aromatic heterocycles. The molecule has 3 aromatic rings. The van der Waals surface area contributed by atoms with Crippen LogP contribution in [0.5, 0.6) is 5.75 Å². The lowest BCUT2D eigenvalue weighted by Crippen LogP contribution is -2.22. The molecular formula is C18H14Cl2N2O2S. The van der Waals surface area contributed by atoms with E-state index in [1.165, 1.54) is 18.3 Å². The van der Waals surface area contributed by atoms with Gasteiger partial charge in [-0.05, 0) is 30.3 Å². The summed E-state index contributed by atoms with van der Waals surface area (Å²) in [6.07, 6.45) is 0. The van der Waals surface area contributed by atoms with Gasteiger partial charge in [-0.1, -0.05) is 41.4 Å². The molecule has 7 heteroatoms. The second-order valence-electron chi connectivity index (χ2n) is 5.21. The summed E-state index contributed by atoms with van der Waals surface area (Å²) in [5, 5.41) is 3.48. The quantitative estimate of drug-likeness (QED) is 0.557. The molecule has 0 N–H and O–H groups in total. The number of halogens is 2. The largest absolute Gasteiger partial charge is 0.487 e. The highest BCUT2D eigenvalue weighted by atomic mass is 35.5. The first-order valence-corrected chi connectivity index (χ1v) is 9.05. The smallest absolute Gasteiger partial charge is 0.230 e. The van der Waals surface area contributed by atoms with Crippen LogP contribution in [0.3, 0.4) is 0 Å². The van der Waals surface area contributed by atoms with Crippen LogP contribution in [0.4, 0.5) is 10.8 Å². The number of ether oxygens (including phenoxy) is 1. The molecule has 25 heavy (non-hydrogen) atoms. The van der Waals surface area contributed by atoms with Gasteiger partial charge in [-0.25, -0.2) is 4.98 Å². The molecule has 0 fully saturated rings. The van der Waals surface area contributed by atoms with Gasteiger partial charge < -0.3 is 4.74 Å². The topological polar surface area (TPSA) is 42.4 Å². The normalized spacial score (nSPS) is 10.5. The van der Waals surface area contributed by atoms with Crippen LogP contribution in [-0.2, 0) is 11.4 Å². The van der Waals surface area contributed by atoms with Crippen molar-refractivity contribution in [3.05, 3.63) is 69.7 Å². The second-order valence-corrected chi connectivity index (χ2v) is 6.91. The standard InChI is InChI=1S/C18H14Cl2N2O2S/c1-12(23)22(16-5-3-2-4-6-16)18-21-15(11-25-18)10-24-17-8-13(19)7-14(20)9-17/h2-9,11H,10H2,1H3. The van der Waals surface area contributed by atoms with Gasteiger partial charge >= 0.3 is 0 Å². The molecule has 0 spiro atoms. The molecule has 0 unspecified atom stereocenters. The molecule has 0 saturated heterocycles. The highest BCUT2D eigenvalue weighted by Gasteiger charge is 2.17. The van der Waals surface area contributed by atoms with E-state index in [4.69, 9.17) is 27.9 Å². The Morgan fingerprint density at radius 1 is 1.16 bits per heavy atom. The number of amides is 1. The van der Waals surface area contributed by atoms with Crippen LogP contribution in [0, 0.1) is 0 Å². The van der Waals surface area contributed by atoms with Crippen LogP contribution >= 0.6 is 34.5 Å². The number of hydrogen-bond donors (Lipinski definition) is 0. The lowest BCUT2D eigenvalue weighted by Gasteiger charge is -2.17. The van der Waals surface area contributed by atoms with Crippen molar-refractivity contribution >= 4 is 51.3 Å². The number of rotatable bonds is 5. The first-order chi connectivity index (χ1) is 12.0. The van der Waals surface area contributed by atoms with Gasteiger partial charge in [0.1, 0.15) is 12.4 Å². The highest BCUT2D eigenvalue weighted by molar-refractivity contribution is 7.14. The Labute approximate surface area is 159 Å². The summed E-state index contributed by atoms with van der Waals surface area (Å²) in [6, 6.07) is 14.4. The number of anilines is 2. The van der Waals surface area contributed by atoms with Crippen LogP contribution in [0.2, 0.25) is 10.0 Å². The summed E-state index contributed by atoms with van der Waals surface area (Å²) < 4.78 is 5.68. The van der Waals surface area contributed by atoms with E-state index in [1.807, 2.05) is 35.7 Å². The van der Waals surface area contributed by atoms with Gasteiger partial charge in [-0.15, -0.1) is 11.3 Å². The molecule has 0 aliphatic heterocycles. The predicted octanol–water partition coefficient (Wildman–Crippen LogP) is 5.71. The number of aromatic nitrogens is 1. The first kappa shape index (κ1) is 17.7. The molecule has 1 amide bonds. The third-order valence-corrected chi connectivity index (χ3v) is 4.59. The van der Waals surface area contributed by atoms with Crippen molar-refractivity contribution in [3.8, 4) is 5.75 Å². The van der Waals surface area contributed by atoms with Gasteiger partial charge in [-0.3, -0.25) is 9.69 Å². The van der Waals surface area contributed by atoms with Gasteiger partial charge in [0.25, 0.3) is 0 Å². The van der Waals surface area contributed by atoms with Gasteiger partial charge in [0.05, 0.1) is 11.4 Å². The summed E-state index contributed by atoms with van der Waals surface area (Å²) in [5.41, 5.74) is 1.50. The van der Waals surface area contributed by atoms with Crippen molar-refractivity contribution in [1.82, 2.24) is 4.98 Å². The fourth-order valence-electron chi connectivity index (χ4n) is 2.24. The van der Waals surface area contributed by atoms with Crippen LogP contribution in [0.15, 0.2) is 53.9 Å². The maximum atomic E-state index is 12.0. The van der Waals surface area contributed by atoms with Crippen molar-refractivity contribution in [3.63, 3.8) is 0 Å². The summed E-state index contributed by atoms with van der Waals surface area (Å²) in [4.78, 5) is 18.1. The van der Waals surface area contributed by atoms with E-state index >= 15 is 0 Å². The van der Waals surface area contributed by atoms with Crippen LogP contribution in [0.1, 0.15) is 12.6 Å². The Balaban J connectivity index is 1.76. The first-order valence-electron chi connectivity index (χ1n) is 7.42. The number of carbonyl (C=O) groups excluding carboxylic acids is 1. The van der Waals surface area contributed by atoms with Crippen molar-refractivity contribution in [2.75, 3.05) is 4.90 Å². The fourth-order valence-corrected chi connectivity index (χ4v) is 3.62. The molecule has 2 aromatic carbocycles. The van der Waals surface area contributed by atoms with E-state index in [1.54, 1.807) is 23.1 Å². The van der Waals surface area contributed by atoms with Crippen LogP contribution in [-0.4, -0.2) is 10.9 Å². The summed E-state index contributed by atoms with van der Waals surface area (Å²) in [6.45, 7) is 1.77. The van der Waals surface area contributed by atoms with E-state index < -0.39 is 0 Å². The minimum atomic E-state index is -0.102. The number of carbonyl (C=O) groups is 1. The molecule has 0 aliphatic rings. The van der Waals surface area contributed by atoms with Gasteiger partial charge in [0.15, 0.2) is 5.13 Å². The zero-order valence-corrected chi connectivity index (χ0v) is 15.6. The van der Waals surface area contributed by atoms with E-state index in [0.29, 0.717) is 20.9 Å². The highest BCUT2D eigenvalue weighted by Crippen LogP contribution is 2.29. The SMILES string of the molecule is CC(=O)N(c1ccccc1)c1nc(COc2cc(Cl)cc(Cl)c2)cs1. The zero-order chi connectivity index (χ0) is 17.8. The molecule has 0 aliphatic carbocycles. The molecule has 0 saturated carbocycles. The average Bonchev–Trinajstić information content (AvgIpc) is 3.01. The van der Waals surface area contributed by atoms with E-state index in [-0.39, 0.29) is 12.5 Å². The van der Waals surface area contributed by atoms with Crippen LogP contribution in [0.25, 0.3) is 0 Å². The molecule has 0 bridgehead atoms. The third kappa shape index (κ3) is 4.51. The molecule has 3 rings (SSSR count). The number of nitrogens with zero attached hydrogens (tertiary/aromatic N) is 2. The van der Waals surface area contributed by atoms with Crippen LogP contribution < -0.4 is 9.64 Å². The molecule has 1 heterocycles. The lowest BCUT2D eigenvalue weighted by atomic mass is 10.3. The van der Waals surface area contributed by atoms with E-state index in [2.05, 4.69) is 4.98 Å². The van der Waals surface area contributed by atoms with Crippen molar-refractivity contribution in [2.24, 2.45) is 0 Å². The Hall–Kier alpha value is -2.08. The summed E-state index contributed by atoms with van der Waals surface area (Å²) >= 11 is 13.3. The molecule has 0 atom stereocenters. The average molecular weight is 393 g/mol. The van der Waals surface area contributed by atoms with Crippen molar-refractivity contribution in [2.45, 2.75) is 13.5 Å². The maximum absolute atomic E-state index is 12.0. The Morgan fingerprint density at radius 3 is 2.48 bits per heavy atom. The summed E-state index contributed by atoms with van der Waals surface area (Å²) in [5.74, 6) is 0.466. The van der Waals surface area contributed by atoms with E-state index in [0.717, 1.165) is 11.4 Å². The molecule has 0 radical (unpaired) electrons. The number of thiazole rings is 1. The Morgan fingerprint density at radius 2 is 1.84 bits per heavy atom. The lowest BCUT2D eigenvalue weighted by molar-refractivity contribution is -0.115. The molecule has 4 nitrogen and oxygen atoms in total. The third-order valence-electron chi connectivity index (χ3n) is 3.28. The van der Waals surface area contributed by atoms with Gasteiger partial charge in [-0.2, -0.15) is 0 Å². The second kappa shape index (κ2) is 7.87. The Kier molecular flexibility index (Phi) is 5.58. The van der Waals surface area contributed by atoms with E-state index in [9.17, 15) is 4.79 Å². The van der Waals surface area contributed by atoms with Gasteiger partial charge in [0, 0.05) is 22.3 Å². The maximum Gasteiger partial charge on any atom is 0.230 e. The monoisotopic (exact) mass is 392 g/mol. The van der Waals surface area contributed by atoms with Crippen molar-refractivity contribution in [1.29, 1.82) is 0 Å². The predicted molar refractivity (Wildman–Crippen MR) is 102 cm³/mol. The summed E-state index contributed by atoms with van der Waals surface area (Å²) in [7, 11) is 0. The fraction of sp³-hybridized carbons (Fsp3) is 0.111. The number of benzene rings is 2. The molecular weight excluding hydrogens is 379 g/mol. The minimum Gasteiger partial charge on any atom is -0.487 e. The number of hydrogen-bond acceptors (Lipinski definition) is 4. The number of para-hydroxylation sites is 1. The minimum absolute atomic E-state index is 0.102. The zero-order valence-electron chi connectivity index (χ0n) is 13.3. The molecule has 128 valence electrons.